The van der Waals surface area contributed by atoms with E-state index in [4.69, 9.17) is 0 Å². The van der Waals surface area contributed by atoms with Crippen LogP contribution in [0.1, 0.15) is 0 Å². The predicted molar refractivity (Wildman–Crippen MR) is 70.6 cm³/mol. The lowest BCUT2D eigenvalue weighted by molar-refractivity contribution is 0.691. The minimum atomic E-state index is -0.375. The molecule has 2 rings (SSSR count). The van der Waals surface area contributed by atoms with Crippen molar-refractivity contribution in [3.05, 3.63) is 57.2 Å². The molecule has 0 saturated heterocycles. The van der Waals surface area contributed by atoms with E-state index < -0.39 is 0 Å². The van der Waals surface area contributed by atoms with Crippen LogP contribution in [-0.2, 0) is 14.1 Å². The average molecular weight is 246 g/mol. The zero-order valence-corrected chi connectivity index (χ0v) is 10.2. The normalized spacial score (nSPS) is 10.1. The number of benzene rings is 1. The molecule has 0 aliphatic carbocycles. The fourth-order valence-corrected chi connectivity index (χ4v) is 1.51. The molecule has 18 heavy (non-hydrogen) atoms. The highest BCUT2D eigenvalue weighted by Gasteiger charge is 2.04. The molecule has 0 aliphatic rings. The van der Waals surface area contributed by atoms with E-state index in [2.05, 4.69) is 10.9 Å². The molecule has 1 aromatic heterocycles. The Labute approximate surface area is 103 Å². The minimum Gasteiger partial charge on any atom is -0.300 e. The number of anilines is 2. The third kappa shape index (κ3) is 2.27. The van der Waals surface area contributed by atoms with Gasteiger partial charge in [-0.1, -0.05) is 18.2 Å². The first-order valence-corrected chi connectivity index (χ1v) is 5.44. The summed E-state index contributed by atoms with van der Waals surface area (Å²) >= 11 is 0. The molecule has 94 valence electrons. The number of hydrazine groups is 1. The SMILES string of the molecule is Cn1c(NNc2ccccc2)cc(=O)n(C)c1=O. The predicted octanol–water partition coefficient (Wildman–Crippen LogP) is 0.523. The zero-order chi connectivity index (χ0) is 13.1. The molecule has 0 aliphatic heterocycles. The van der Waals surface area contributed by atoms with Gasteiger partial charge in [0.05, 0.1) is 5.69 Å². The summed E-state index contributed by atoms with van der Waals surface area (Å²) in [6.45, 7) is 0. The van der Waals surface area contributed by atoms with E-state index in [1.165, 1.54) is 17.7 Å². The third-order valence-electron chi connectivity index (χ3n) is 2.63. The Morgan fingerprint density at radius 2 is 1.61 bits per heavy atom. The Morgan fingerprint density at radius 1 is 0.944 bits per heavy atom. The molecule has 1 aromatic carbocycles. The van der Waals surface area contributed by atoms with Crippen molar-refractivity contribution in [2.75, 3.05) is 10.9 Å². The van der Waals surface area contributed by atoms with E-state index in [-0.39, 0.29) is 11.2 Å². The molecule has 0 saturated carbocycles. The number of hydrogen-bond acceptors (Lipinski definition) is 4. The van der Waals surface area contributed by atoms with Crippen LogP contribution in [0.25, 0.3) is 0 Å². The Kier molecular flexibility index (Phi) is 3.18. The van der Waals surface area contributed by atoms with Crippen LogP contribution >= 0.6 is 0 Å². The Hall–Kier alpha value is -2.50. The first-order valence-electron chi connectivity index (χ1n) is 5.44. The third-order valence-corrected chi connectivity index (χ3v) is 2.63. The van der Waals surface area contributed by atoms with Gasteiger partial charge in [-0.3, -0.25) is 24.8 Å². The van der Waals surface area contributed by atoms with Gasteiger partial charge in [0.2, 0.25) is 0 Å². The van der Waals surface area contributed by atoms with Crippen molar-refractivity contribution in [2.24, 2.45) is 14.1 Å². The van der Waals surface area contributed by atoms with Crippen LogP contribution in [0.4, 0.5) is 11.5 Å². The van der Waals surface area contributed by atoms with Gasteiger partial charge in [-0.05, 0) is 12.1 Å². The molecule has 0 spiro atoms. The molecule has 6 heteroatoms. The van der Waals surface area contributed by atoms with Gasteiger partial charge in [-0.2, -0.15) is 0 Å². The summed E-state index contributed by atoms with van der Waals surface area (Å²) in [4.78, 5) is 23.2. The maximum atomic E-state index is 11.7. The van der Waals surface area contributed by atoms with Crippen LogP contribution in [0.3, 0.4) is 0 Å². The first kappa shape index (κ1) is 12.0. The standard InChI is InChI=1S/C12H14N4O2/c1-15-10(8-11(17)16(2)12(15)18)14-13-9-6-4-3-5-7-9/h3-8,13-14H,1-2H3. The number of hydrogen-bond donors (Lipinski definition) is 2. The van der Waals surface area contributed by atoms with Crippen molar-refractivity contribution < 1.29 is 0 Å². The molecule has 6 nitrogen and oxygen atoms in total. The molecule has 0 bridgehead atoms. The summed E-state index contributed by atoms with van der Waals surface area (Å²) in [5.74, 6) is 0.409. The zero-order valence-electron chi connectivity index (χ0n) is 10.2. The van der Waals surface area contributed by atoms with Gasteiger partial charge in [0, 0.05) is 20.2 Å². The number of aromatic nitrogens is 2. The van der Waals surface area contributed by atoms with Crippen LogP contribution in [-0.4, -0.2) is 9.13 Å². The molecule has 0 unspecified atom stereocenters. The minimum absolute atomic E-state index is 0.351. The van der Waals surface area contributed by atoms with Gasteiger partial charge >= 0.3 is 5.69 Å². The lowest BCUT2D eigenvalue weighted by Gasteiger charge is -2.13. The summed E-state index contributed by atoms with van der Waals surface area (Å²) < 4.78 is 2.41. The van der Waals surface area contributed by atoms with Crippen LogP contribution in [0, 0.1) is 0 Å². The maximum absolute atomic E-state index is 11.7. The Morgan fingerprint density at radius 3 is 2.28 bits per heavy atom. The number of nitrogens with one attached hydrogen (secondary N) is 2. The van der Waals surface area contributed by atoms with E-state index in [9.17, 15) is 9.59 Å². The average Bonchev–Trinajstić information content (AvgIpc) is 2.40. The van der Waals surface area contributed by atoms with E-state index in [0.717, 1.165) is 10.3 Å². The summed E-state index contributed by atoms with van der Waals surface area (Å²) in [5, 5.41) is 0. The molecule has 2 aromatic rings. The second kappa shape index (κ2) is 4.79. The number of rotatable bonds is 3. The number of nitrogens with zero attached hydrogens (tertiary/aromatic N) is 2. The molecular formula is C12H14N4O2. The van der Waals surface area contributed by atoms with E-state index >= 15 is 0 Å². The van der Waals surface area contributed by atoms with Gasteiger partial charge in [0.1, 0.15) is 5.82 Å². The maximum Gasteiger partial charge on any atom is 0.332 e. The summed E-state index contributed by atoms with van der Waals surface area (Å²) in [6, 6.07) is 10.8. The van der Waals surface area contributed by atoms with Crippen LogP contribution in [0.15, 0.2) is 46.0 Å². The highest BCUT2D eigenvalue weighted by atomic mass is 16.2. The lowest BCUT2D eigenvalue weighted by Crippen LogP contribution is -2.38. The molecule has 1 heterocycles. The highest BCUT2D eigenvalue weighted by molar-refractivity contribution is 5.48. The first-order chi connectivity index (χ1) is 8.59. The quantitative estimate of drug-likeness (QED) is 0.775. The van der Waals surface area contributed by atoms with Crippen molar-refractivity contribution in [1.29, 1.82) is 0 Å². The summed E-state index contributed by atoms with van der Waals surface area (Å²) in [7, 11) is 3.04. The van der Waals surface area contributed by atoms with Crippen molar-refractivity contribution in [2.45, 2.75) is 0 Å². The Balaban J connectivity index is 2.26. The van der Waals surface area contributed by atoms with Gasteiger partial charge in [-0.25, -0.2) is 4.79 Å². The van der Waals surface area contributed by atoms with Crippen LogP contribution < -0.4 is 22.1 Å². The van der Waals surface area contributed by atoms with Gasteiger partial charge in [0.25, 0.3) is 5.56 Å². The van der Waals surface area contributed by atoms with Crippen molar-refractivity contribution in [3.63, 3.8) is 0 Å². The van der Waals surface area contributed by atoms with Crippen molar-refractivity contribution >= 4 is 11.5 Å². The van der Waals surface area contributed by atoms with Crippen LogP contribution in [0.5, 0.6) is 0 Å². The molecular weight excluding hydrogens is 232 g/mol. The molecule has 0 radical (unpaired) electrons. The summed E-state index contributed by atoms with van der Waals surface area (Å²) in [5.41, 5.74) is 5.87. The van der Waals surface area contributed by atoms with E-state index in [1.54, 1.807) is 7.05 Å². The van der Waals surface area contributed by atoms with Gasteiger partial charge in [0.15, 0.2) is 0 Å². The molecule has 0 atom stereocenters. The number of para-hydroxylation sites is 1. The monoisotopic (exact) mass is 246 g/mol. The van der Waals surface area contributed by atoms with Crippen molar-refractivity contribution in [1.82, 2.24) is 9.13 Å². The highest BCUT2D eigenvalue weighted by Crippen LogP contribution is 2.06. The van der Waals surface area contributed by atoms with E-state index in [1.807, 2.05) is 30.3 Å². The second-order valence-corrected chi connectivity index (χ2v) is 3.88. The molecule has 0 fully saturated rings. The fourth-order valence-electron chi connectivity index (χ4n) is 1.51. The second-order valence-electron chi connectivity index (χ2n) is 3.88. The van der Waals surface area contributed by atoms with Crippen molar-refractivity contribution in [3.8, 4) is 0 Å². The lowest BCUT2D eigenvalue weighted by atomic mass is 10.3. The van der Waals surface area contributed by atoms with E-state index in [0.29, 0.717) is 5.82 Å². The van der Waals surface area contributed by atoms with Gasteiger partial charge in [-0.15, -0.1) is 0 Å². The molecule has 2 N–H and O–H groups in total. The molecule has 0 amide bonds. The topological polar surface area (TPSA) is 68.1 Å². The fraction of sp³-hybridized carbons (Fsp3) is 0.167. The van der Waals surface area contributed by atoms with Crippen LogP contribution in [0.2, 0.25) is 0 Å². The van der Waals surface area contributed by atoms with Gasteiger partial charge < -0.3 is 0 Å². The smallest absolute Gasteiger partial charge is 0.300 e. The Bertz CT molecular complexity index is 658. The largest absolute Gasteiger partial charge is 0.332 e. The summed E-state index contributed by atoms with van der Waals surface area (Å²) in [6.07, 6.45) is 0.